The summed E-state index contributed by atoms with van der Waals surface area (Å²) in [6, 6.07) is 151. The zero-order valence-corrected chi connectivity index (χ0v) is 62.6. The minimum absolute atomic E-state index is 0.954. The Morgan fingerprint density at radius 1 is 0.134 bits per heavy atom. The molecule has 0 aliphatic heterocycles. The lowest BCUT2D eigenvalue weighted by molar-refractivity contribution is 0.827. The topological polar surface area (TPSA) is 9.86 Å². The number of nitrogens with zero attached hydrogens (tertiary/aromatic N) is 2. The molecule has 0 fully saturated rings. The van der Waals surface area contributed by atoms with Gasteiger partial charge < -0.3 is 9.13 Å². The summed E-state index contributed by atoms with van der Waals surface area (Å²) < 4.78 is 4.82. The molecule has 2 heterocycles. The molecule has 21 rings (SSSR count). The van der Waals surface area contributed by atoms with Crippen LogP contribution < -0.4 is 0 Å². The number of hydrogen-bond acceptors (Lipinski definition) is 0. The molecule has 21 aromatic rings. The molecule has 0 atom stereocenters. The molecule has 2 aromatic heterocycles. The number of para-hydroxylation sites is 2. The molecule has 0 unspecified atom stereocenters. The second kappa shape index (κ2) is 28.8. The van der Waals surface area contributed by atoms with Crippen molar-refractivity contribution in [2.45, 2.75) is 26.9 Å². The Morgan fingerprint density at radius 2 is 0.295 bits per heavy atom. The van der Waals surface area contributed by atoms with E-state index in [1.807, 2.05) is 0 Å². The monoisotopic (exact) mass is 1430 g/mol. The van der Waals surface area contributed by atoms with Gasteiger partial charge in [0.25, 0.3) is 0 Å². The maximum Gasteiger partial charge on any atom is 0.0491 e. The number of hydrogen-bond donors (Lipinski definition) is 0. The molecule has 0 saturated heterocycles. The minimum atomic E-state index is 0.954. The van der Waals surface area contributed by atoms with Crippen LogP contribution in [0.15, 0.2) is 413 Å². The van der Waals surface area contributed by atoms with Gasteiger partial charge in [0.2, 0.25) is 0 Å². The molecule has 0 aliphatic rings. The number of aromatic nitrogens is 2. The van der Waals surface area contributed by atoms with Crippen molar-refractivity contribution in [2.24, 2.45) is 0 Å². The molecular weight excluding hydrogens is 1350 g/mol. The van der Waals surface area contributed by atoms with Gasteiger partial charge in [-0.15, -0.1) is 0 Å². The van der Waals surface area contributed by atoms with E-state index in [1.54, 1.807) is 0 Å². The van der Waals surface area contributed by atoms with Crippen LogP contribution in [0, 0.1) is 0 Å². The predicted molar refractivity (Wildman–Crippen MR) is 480 cm³/mol. The van der Waals surface area contributed by atoms with Crippen LogP contribution in [0.3, 0.4) is 0 Å². The molecule has 0 saturated carbocycles. The molecule has 0 radical (unpaired) electrons. The van der Waals surface area contributed by atoms with Crippen molar-refractivity contribution in [3.05, 3.63) is 413 Å². The third-order valence-electron chi connectivity index (χ3n) is 23.3. The zero-order valence-electron chi connectivity index (χ0n) is 62.6. The van der Waals surface area contributed by atoms with Gasteiger partial charge in [-0.2, -0.15) is 0 Å². The van der Waals surface area contributed by atoms with E-state index >= 15 is 0 Å². The summed E-state index contributed by atoms with van der Waals surface area (Å²) in [6.07, 6.45) is 0. The van der Waals surface area contributed by atoms with Gasteiger partial charge in [-0.25, -0.2) is 0 Å². The Bertz CT molecular complexity index is 6980. The highest BCUT2D eigenvalue weighted by Gasteiger charge is 2.21. The molecule has 2 heteroatoms. The zero-order chi connectivity index (χ0) is 74.6. The molecule has 2 nitrogen and oxygen atoms in total. The molecule has 112 heavy (non-hydrogen) atoms. The third kappa shape index (κ3) is 12.0. The Kier molecular flexibility index (Phi) is 17.3. The summed E-state index contributed by atoms with van der Waals surface area (Å²) in [4.78, 5) is 0. The maximum absolute atomic E-state index is 2.41. The van der Waals surface area contributed by atoms with Crippen molar-refractivity contribution < 1.29 is 0 Å². The summed E-state index contributed by atoms with van der Waals surface area (Å²) in [7, 11) is 0. The molecule has 528 valence electrons. The van der Waals surface area contributed by atoms with E-state index < -0.39 is 0 Å². The van der Waals surface area contributed by atoms with Crippen molar-refractivity contribution in [1.29, 1.82) is 0 Å². The highest BCUT2D eigenvalue weighted by atomic mass is 15.0. The Hall–Kier alpha value is -14.2. The number of rotatable bonds is 13. The van der Waals surface area contributed by atoms with Crippen LogP contribution >= 0.6 is 0 Å². The van der Waals surface area contributed by atoms with Crippen molar-refractivity contribution in [3.63, 3.8) is 0 Å². The minimum Gasteiger partial charge on any atom is -0.341 e. The van der Waals surface area contributed by atoms with Crippen molar-refractivity contribution in [1.82, 2.24) is 9.13 Å². The first kappa shape index (κ1) is 67.2. The van der Waals surface area contributed by atoms with Crippen molar-refractivity contribution >= 4 is 86.7 Å². The summed E-state index contributed by atoms with van der Waals surface area (Å²) >= 11 is 0. The SMILES string of the molecule is CCn1c2ccccc2c2cc(-c3ccc(-c4ccc(-c5c6ccccc6c(-c6ccc(-c7ccc(-c8ccccc8)cc7)cc6)c6ccccc56)cc4)cc3)ccc21.CCn1c2ccccc2c2cc(-c3ccc(-c4ccc(-c5c6ccccc6c(-c6ccc(-c7ccccc7)cc6)c6ccccc56)cc4)cc3)ccc21. The molecule has 0 bridgehead atoms. The summed E-state index contributed by atoms with van der Waals surface area (Å²) in [6.45, 7) is 6.35. The van der Waals surface area contributed by atoms with Crippen LogP contribution in [-0.4, -0.2) is 9.13 Å². The maximum atomic E-state index is 2.41. The van der Waals surface area contributed by atoms with Crippen LogP contribution in [0.25, 0.3) is 209 Å². The summed E-state index contributed by atoms with van der Waals surface area (Å²) in [5.41, 5.74) is 32.3. The quantitative estimate of drug-likeness (QED) is 0.102. The molecule has 0 amide bonds. The van der Waals surface area contributed by atoms with E-state index in [0.717, 1.165) is 13.1 Å². The average molecular weight is 1430 g/mol. The highest BCUT2D eigenvalue weighted by molar-refractivity contribution is 6.23. The van der Waals surface area contributed by atoms with E-state index in [1.165, 1.54) is 209 Å². The highest BCUT2D eigenvalue weighted by Crippen LogP contribution is 2.48. The second-order valence-electron chi connectivity index (χ2n) is 29.4. The number of fused-ring (bicyclic) bond motifs is 10. The third-order valence-corrected chi connectivity index (χ3v) is 23.3. The first-order chi connectivity index (χ1) is 55.5. The van der Waals surface area contributed by atoms with E-state index in [2.05, 4.69) is 435 Å². The lowest BCUT2D eigenvalue weighted by Crippen LogP contribution is -1.92. The van der Waals surface area contributed by atoms with Gasteiger partial charge in [-0.1, -0.05) is 376 Å². The summed E-state index contributed by atoms with van der Waals surface area (Å²) in [5.74, 6) is 0. The van der Waals surface area contributed by atoms with Crippen LogP contribution in [0.1, 0.15) is 13.8 Å². The Balaban J connectivity index is 0.000000147. The Labute approximate surface area is 653 Å². The second-order valence-corrected chi connectivity index (χ2v) is 29.4. The van der Waals surface area contributed by atoms with Gasteiger partial charge in [-0.3, -0.25) is 0 Å². The van der Waals surface area contributed by atoms with Crippen LogP contribution in [-0.2, 0) is 13.1 Å². The average Bonchev–Trinajstić information content (AvgIpc) is 1.15. The van der Waals surface area contributed by atoms with Gasteiger partial charge in [0.15, 0.2) is 0 Å². The van der Waals surface area contributed by atoms with Gasteiger partial charge in [0, 0.05) is 56.7 Å². The van der Waals surface area contributed by atoms with Gasteiger partial charge in [0.05, 0.1) is 0 Å². The van der Waals surface area contributed by atoms with Gasteiger partial charge in [0.1, 0.15) is 0 Å². The fraction of sp³-hybridized carbons (Fsp3) is 0.0364. The largest absolute Gasteiger partial charge is 0.341 e. The van der Waals surface area contributed by atoms with E-state index in [9.17, 15) is 0 Å². The van der Waals surface area contributed by atoms with Crippen molar-refractivity contribution in [3.8, 4) is 122 Å². The summed E-state index contributed by atoms with van der Waals surface area (Å²) in [5, 5.41) is 15.4. The van der Waals surface area contributed by atoms with E-state index in [0.29, 0.717) is 0 Å². The molecule has 0 aliphatic carbocycles. The smallest absolute Gasteiger partial charge is 0.0491 e. The normalized spacial score (nSPS) is 11.6. The van der Waals surface area contributed by atoms with Crippen molar-refractivity contribution in [2.75, 3.05) is 0 Å². The standard InChI is InChI=1S/C58H41N.C52H37N/c1-2-59-55-19-11-10-14-49(55)54-38-48(36-37-56(54)59)45-26-24-42(25-27-45)44-30-34-47(35-31-44)58-52-17-8-6-15-50(52)57(51-16-7-9-18-53(51)58)46-32-28-43(29-33-46)41-22-20-40(21-23-41)39-12-4-3-5-13-39;1-2-53-49-19-11-10-14-43(49)48-34-42(32-33-50(48)53)39-22-20-37(21-23-39)38-26-30-41(31-27-38)52-46-17-8-6-15-44(46)51(45-16-7-9-18-47(45)52)40-28-24-36(25-29-40)35-12-4-3-5-13-35/h3-38H,2H2,1H3;3-34H,2H2,1H3. The molecule has 0 N–H and O–H groups in total. The van der Waals surface area contributed by atoms with Crippen LogP contribution in [0.5, 0.6) is 0 Å². The van der Waals surface area contributed by atoms with Crippen LogP contribution in [0.4, 0.5) is 0 Å². The van der Waals surface area contributed by atoms with Gasteiger partial charge in [-0.05, 0) is 216 Å². The first-order valence-corrected chi connectivity index (χ1v) is 39.2. The van der Waals surface area contributed by atoms with E-state index in [-0.39, 0.29) is 0 Å². The fourth-order valence-corrected chi connectivity index (χ4v) is 17.8. The fourth-order valence-electron chi connectivity index (χ4n) is 17.8. The number of benzene rings is 19. The van der Waals surface area contributed by atoms with Crippen LogP contribution in [0.2, 0.25) is 0 Å². The number of aryl methyl sites for hydroxylation is 2. The molecule has 19 aromatic carbocycles. The van der Waals surface area contributed by atoms with Gasteiger partial charge >= 0.3 is 0 Å². The lowest BCUT2D eigenvalue weighted by atomic mass is 9.85. The lowest BCUT2D eigenvalue weighted by Gasteiger charge is -2.18. The first-order valence-electron chi connectivity index (χ1n) is 39.2. The molecule has 0 spiro atoms. The van der Waals surface area contributed by atoms with E-state index in [4.69, 9.17) is 0 Å². The Morgan fingerprint density at radius 3 is 0.518 bits per heavy atom. The molecular formula is C110H78N2. The predicted octanol–water partition coefficient (Wildman–Crippen LogP) is 30.6.